The molecule has 2 atom stereocenters. The summed E-state index contributed by atoms with van der Waals surface area (Å²) in [4.78, 5) is 6.60. The van der Waals surface area contributed by atoms with Crippen molar-refractivity contribution in [1.82, 2.24) is 0 Å². The van der Waals surface area contributed by atoms with E-state index in [0.29, 0.717) is 17.9 Å². The van der Waals surface area contributed by atoms with E-state index in [2.05, 4.69) is 22.0 Å². The smallest absolute Gasteiger partial charge is 0.196 e. The van der Waals surface area contributed by atoms with Crippen LogP contribution in [0.4, 0.5) is 5.69 Å². The molecule has 1 aliphatic carbocycles. The molecule has 3 nitrogen and oxygen atoms in total. The van der Waals surface area contributed by atoms with Gasteiger partial charge in [0.25, 0.3) is 0 Å². The molecular weight excluding hydrogens is 258 g/mol. The van der Waals surface area contributed by atoms with Gasteiger partial charge in [-0.3, -0.25) is 4.99 Å². The Labute approximate surface area is 118 Å². The van der Waals surface area contributed by atoms with Crippen LogP contribution in [-0.4, -0.2) is 18.5 Å². The summed E-state index contributed by atoms with van der Waals surface area (Å²) < 4.78 is 0. The fourth-order valence-corrected chi connectivity index (χ4v) is 3.09. The Bertz CT molecular complexity index is 507. The third-order valence-corrected chi connectivity index (χ3v) is 4.23. The molecule has 0 bridgehead atoms. The van der Waals surface area contributed by atoms with Crippen molar-refractivity contribution in [2.24, 2.45) is 16.6 Å². The number of halogens is 1. The summed E-state index contributed by atoms with van der Waals surface area (Å²) in [7, 11) is 0. The molecule has 0 radical (unpaired) electrons. The maximum absolute atomic E-state index is 6.07. The van der Waals surface area contributed by atoms with Crippen LogP contribution in [0.15, 0.2) is 41.4 Å². The number of hydrogen-bond acceptors (Lipinski definition) is 3. The average molecular weight is 276 g/mol. The van der Waals surface area contributed by atoms with Gasteiger partial charge in [0.15, 0.2) is 5.96 Å². The lowest BCUT2D eigenvalue weighted by atomic mass is 9.87. The summed E-state index contributed by atoms with van der Waals surface area (Å²) in [5.41, 5.74) is 7.16. The van der Waals surface area contributed by atoms with Crippen LogP contribution < -0.4 is 10.6 Å². The van der Waals surface area contributed by atoms with Gasteiger partial charge in [-0.05, 0) is 49.4 Å². The molecule has 4 heteroatoms. The number of aliphatic imine (C=N–C) groups is 1. The topological polar surface area (TPSA) is 41.6 Å². The first kappa shape index (κ1) is 12.5. The lowest BCUT2D eigenvalue weighted by molar-refractivity contribution is 0.404. The van der Waals surface area contributed by atoms with Crippen molar-refractivity contribution in [3.05, 3.63) is 41.4 Å². The lowest BCUT2D eigenvalue weighted by Gasteiger charge is -2.33. The first-order valence-corrected chi connectivity index (χ1v) is 7.13. The Morgan fingerprint density at radius 3 is 2.68 bits per heavy atom. The van der Waals surface area contributed by atoms with Gasteiger partial charge in [0.1, 0.15) is 0 Å². The number of allylic oxidation sites excluding steroid dienone is 2. The zero-order chi connectivity index (χ0) is 13.2. The van der Waals surface area contributed by atoms with E-state index in [9.17, 15) is 0 Å². The standard InChI is InChI=1S/C15H18ClN3/c16-12-6-8-13(9-7-12)19-14(10-18-15(19)17)11-4-2-1-3-5-11/h1-2,6-9,11,14H,3-5,10H2,(H2,17,18). The van der Waals surface area contributed by atoms with Gasteiger partial charge in [-0.15, -0.1) is 0 Å². The molecular formula is C15H18ClN3. The Morgan fingerprint density at radius 2 is 2.00 bits per heavy atom. The summed E-state index contributed by atoms with van der Waals surface area (Å²) in [6.45, 7) is 0.799. The molecule has 2 unspecified atom stereocenters. The van der Waals surface area contributed by atoms with Crippen molar-refractivity contribution in [3.8, 4) is 0 Å². The van der Waals surface area contributed by atoms with E-state index in [1.165, 1.54) is 6.42 Å². The van der Waals surface area contributed by atoms with Gasteiger partial charge in [-0.25, -0.2) is 0 Å². The zero-order valence-corrected chi connectivity index (χ0v) is 11.6. The highest BCUT2D eigenvalue weighted by atomic mass is 35.5. The Morgan fingerprint density at radius 1 is 1.21 bits per heavy atom. The van der Waals surface area contributed by atoms with Gasteiger partial charge in [0.2, 0.25) is 0 Å². The number of benzene rings is 1. The zero-order valence-electron chi connectivity index (χ0n) is 10.8. The molecule has 1 aliphatic heterocycles. The first-order chi connectivity index (χ1) is 9.25. The largest absolute Gasteiger partial charge is 0.370 e. The monoisotopic (exact) mass is 275 g/mol. The summed E-state index contributed by atoms with van der Waals surface area (Å²) in [5.74, 6) is 1.26. The van der Waals surface area contributed by atoms with E-state index in [1.54, 1.807) is 0 Å². The Hall–Kier alpha value is -1.48. The highest BCUT2D eigenvalue weighted by Crippen LogP contribution is 2.31. The van der Waals surface area contributed by atoms with Crippen LogP contribution in [0.2, 0.25) is 5.02 Å². The molecule has 0 saturated carbocycles. The van der Waals surface area contributed by atoms with Crippen LogP contribution in [0.3, 0.4) is 0 Å². The highest BCUT2D eigenvalue weighted by Gasteiger charge is 2.33. The molecule has 2 N–H and O–H groups in total. The summed E-state index contributed by atoms with van der Waals surface area (Å²) in [5, 5.41) is 0.746. The summed E-state index contributed by atoms with van der Waals surface area (Å²) in [6, 6.07) is 8.22. The molecule has 1 aromatic carbocycles. The average Bonchev–Trinajstić information content (AvgIpc) is 2.83. The van der Waals surface area contributed by atoms with Crippen LogP contribution in [-0.2, 0) is 0 Å². The second-order valence-electron chi connectivity index (χ2n) is 5.16. The predicted molar refractivity (Wildman–Crippen MR) is 80.7 cm³/mol. The number of anilines is 1. The molecule has 0 amide bonds. The van der Waals surface area contributed by atoms with E-state index in [4.69, 9.17) is 17.3 Å². The predicted octanol–water partition coefficient (Wildman–Crippen LogP) is 3.20. The van der Waals surface area contributed by atoms with Crippen LogP contribution in [0.1, 0.15) is 19.3 Å². The van der Waals surface area contributed by atoms with Gasteiger partial charge in [0, 0.05) is 10.7 Å². The quantitative estimate of drug-likeness (QED) is 0.842. The second-order valence-corrected chi connectivity index (χ2v) is 5.59. The molecule has 1 aromatic rings. The molecule has 0 aromatic heterocycles. The molecule has 19 heavy (non-hydrogen) atoms. The van der Waals surface area contributed by atoms with Crippen molar-refractivity contribution < 1.29 is 0 Å². The van der Waals surface area contributed by atoms with E-state index in [-0.39, 0.29) is 0 Å². The van der Waals surface area contributed by atoms with Crippen molar-refractivity contribution >= 4 is 23.2 Å². The lowest BCUT2D eigenvalue weighted by Crippen LogP contribution is -2.45. The van der Waals surface area contributed by atoms with E-state index >= 15 is 0 Å². The van der Waals surface area contributed by atoms with Gasteiger partial charge < -0.3 is 10.6 Å². The summed E-state index contributed by atoms with van der Waals surface area (Å²) in [6.07, 6.45) is 8.05. The minimum atomic E-state index is 0.381. The fourth-order valence-electron chi connectivity index (χ4n) is 2.97. The molecule has 3 rings (SSSR count). The van der Waals surface area contributed by atoms with Crippen LogP contribution in [0.5, 0.6) is 0 Å². The van der Waals surface area contributed by atoms with Gasteiger partial charge in [-0.2, -0.15) is 0 Å². The molecule has 100 valence electrons. The van der Waals surface area contributed by atoms with Crippen molar-refractivity contribution in [1.29, 1.82) is 0 Å². The number of rotatable bonds is 2. The van der Waals surface area contributed by atoms with Crippen LogP contribution in [0.25, 0.3) is 0 Å². The van der Waals surface area contributed by atoms with E-state index < -0.39 is 0 Å². The highest BCUT2D eigenvalue weighted by molar-refractivity contribution is 6.30. The second kappa shape index (κ2) is 5.25. The normalized spacial score (nSPS) is 26.6. The third-order valence-electron chi connectivity index (χ3n) is 3.98. The van der Waals surface area contributed by atoms with Gasteiger partial charge in [0.05, 0.1) is 12.6 Å². The number of nitrogens with zero attached hydrogens (tertiary/aromatic N) is 2. The first-order valence-electron chi connectivity index (χ1n) is 6.75. The maximum atomic E-state index is 6.07. The van der Waals surface area contributed by atoms with Crippen molar-refractivity contribution in [2.45, 2.75) is 25.3 Å². The minimum absolute atomic E-state index is 0.381. The van der Waals surface area contributed by atoms with Crippen LogP contribution in [0, 0.1) is 5.92 Å². The van der Waals surface area contributed by atoms with Gasteiger partial charge in [-0.1, -0.05) is 23.8 Å². The molecule has 0 saturated heterocycles. The number of hydrogen-bond donors (Lipinski definition) is 1. The van der Waals surface area contributed by atoms with Crippen molar-refractivity contribution in [2.75, 3.05) is 11.4 Å². The maximum Gasteiger partial charge on any atom is 0.196 e. The summed E-state index contributed by atoms with van der Waals surface area (Å²) >= 11 is 5.95. The Kier molecular flexibility index (Phi) is 3.47. The fraction of sp³-hybridized carbons (Fsp3) is 0.400. The molecule has 0 fully saturated rings. The SMILES string of the molecule is NC1=NCC(C2CC=CCC2)N1c1ccc(Cl)cc1. The van der Waals surface area contributed by atoms with Crippen molar-refractivity contribution in [3.63, 3.8) is 0 Å². The van der Waals surface area contributed by atoms with Crippen LogP contribution >= 0.6 is 11.6 Å². The number of nitrogens with two attached hydrogens (primary N) is 1. The van der Waals surface area contributed by atoms with Gasteiger partial charge >= 0.3 is 0 Å². The van der Waals surface area contributed by atoms with E-state index in [0.717, 1.165) is 30.1 Å². The Balaban J connectivity index is 1.85. The third kappa shape index (κ3) is 2.47. The molecule has 1 heterocycles. The minimum Gasteiger partial charge on any atom is -0.370 e. The number of guanidine groups is 1. The molecule has 0 spiro atoms. The molecule has 2 aliphatic rings. The van der Waals surface area contributed by atoms with E-state index in [1.807, 2.05) is 24.3 Å².